The van der Waals surface area contributed by atoms with Crippen molar-refractivity contribution in [1.82, 2.24) is 9.88 Å². The molecule has 31 heavy (non-hydrogen) atoms. The lowest BCUT2D eigenvalue weighted by atomic mass is 9.53. The number of piperidine rings is 1. The summed E-state index contributed by atoms with van der Waals surface area (Å²) < 4.78 is 0. The van der Waals surface area contributed by atoms with E-state index in [1.54, 1.807) is 0 Å². The Bertz CT molecular complexity index is 1010. The van der Waals surface area contributed by atoms with E-state index in [9.17, 15) is 0 Å². The molecule has 0 radical (unpaired) electrons. The van der Waals surface area contributed by atoms with Gasteiger partial charge in [-0.05, 0) is 73.6 Å². The zero-order chi connectivity index (χ0) is 21.6. The molecule has 2 aliphatic carbocycles. The summed E-state index contributed by atoms with van der Waals surface area (Å²) in [5.74, 6) is 5.73. The third-order valence-corrected chi connectivity index (χ3v) is 8.61. The standard InChI is InChI=1S/C28H36N2Si/c1-21-17-23-18-27-26(13-12-24(29-27)14-16-31(2,3)4)28(19-21)25(23)11-8-15-30(28)20-22-9-6-5-7-10-22/h5-7,9-10,12-13,21,23,25H,8,11,15,17-20H2,1-4H3/t21-,23+,25?,28-/m1/s1. The van der Waals surface area contributed by atoms with Gasteiger partial charge in [-0.3, -0.25) is 4.90 Å². The zero-order valence-electron chi connectivity index (χ0n) is 19.6. The summed E-state index contributed by atoms with van der Waals surface area (Å²) in [7, 11) is -1.40. The van der Waals surface area contributed by atoms with Gasteiger partial charge in [0.05, 0.1) is 5.54 Å². The monoisotopic (exact) mass is 428 g/mol. The molecular formula is C28H36N2Si. The highest BCUT2D eigenvalue weighted by atomic mass is 28.3. The van der Waals surface area contributed by atoms with Crippen LogP contribution >= 0.6 is 0 Å². The van der Waals surface area contributed by atoms with Crippen molar-refractivity contribution in [2.45, 2.75) is 70.8 Å². The molecular weight excluding hydrogens is 392 g/mol. The number of fused-ring (bicyclic) bond motifs is 1. The lowest BCUT2D eigenvalue weighted by Crippen LogP contribution is -2.61. The maximum Gasteiger partial charge on any atom is 0.129 e. The fourth-order valence-electron chi connectivity index (χ4n) is 6.73. The molecule has 0 N–H and O–H groups in total. The van der Waals surface area contributed by atoms with Crippen molar-refractivity contribution in [2.75, 3.05) is 6.54 Å². The van der Waals surface area contributed by atoms with Gasteiger partial charge in [-0.25, -0.2) is 4.98 Å². The smallest absolute Gasteiger partial charge is 0.129 e. The Hall–Kier alpha value is -1.89. The van der Waals surface area contributed by atoms with Crippen LogP contribution in [0.3, 0.4) is 0 Å². The first-order chi connectivity index (χ1) is 14.8. The van der Waals surface area contributed by atoms with Crippen LogP contribution in [-0.2, 0) is 18.5 Å². The maximum atomic E-state index is 5.17. The van der Waals surface area contributed by atoms with Gasteiger partial charge >= 0.3 is 0 Å². The lowest BCUT2D eigenvalue weighted by Gasteiger charge is -2.61. The van der Waals surface area contributed by atoms with Crippen molar-refractivity contribution < 1.29 is 0 Å². The molecule has 3 heteroatoms. The second-order valence-electron chi connectivity index (χ2n) is 11.3. The summed E-state index contributed by atoms with van der Waals surface area (Å²) >= 11 is 0. The summed E-state index contributed by atoms with van der Waals surface area (Å²) in [6.07, 6.45) is 6.48. The van der Waals surface area contributed by atoms with E-state index in [1.807, 2.05) is 0 Å². The molecule has 0 spiro atoms. The molecule has 1 aromatic heterocycles. The van der Waals surface area contributed by atoms with Crippen LogP contribution in [0.15, 0.2) is 42.5 Å². The number of hydrogen-bond donors (Lipinski definition) is 0. The van der Waals surface area contributed by atoms with Gasteiger partial charge < -0.3 is 0 Å². The summed E-state index contributed by atoms with van der Waals surface area (Å²) in [5.41, 5.74) is 8.95. The number of likely N-dealkylation sites (tertiary alicyclic amines) is 1. The van der Waals surface area contributed by atoms with Crippen LogP contribution in [0.4, 0.5) is 0 Å². The Balaban J connectivity index is 1.59. The van der Waals surface area contributed by atoms with E-state index in [1.165, 1.54) is 49.0 Å². The van der Waals surface area contributed by atoms with Gasteiger partial charge in [-0.15, -0.1) is 5.54 Å². The molecule has 0 amide bonds. The van der Waals surface area contributed by atoms with Crippen molar-refractivity contribution in [3.63, 3.8) is 0 Å². The minimum absolute atomic E-state index is 0.155. The molecule has 5 rings (SSSR count). The molecule has 1 aliphatic heterocycles. The third kappa shape index (κ3) is 3.90. The van der Waals surface area contributed by atoms with E-state index >= 15 is 0 Å². The summed E-state index contributed by atoms with van der Waals surface area (Å²) in [6.45, 7) is 11.6. The Morgan fingerprint density at radius 2 is 1.94 bits per heavy atom. The average molecular weight is 429 g/mol. The van der Waals surface area contributed by atoms with E-state index in [4.69, 9.17) is 4.98 Å². The number of pyridine rings is 1. The predicted octanol–water partition coefficient (Wildman–Crippen LogP) is 6.02. The molecule has 2 heterocycles. The largest absolute Gasteiger partial charge is 0.289 e. The van der Waals surface area contributed by atoms with Crippen molar-refractivity contribution in [1.29, 1.82) is 0 Å². The Morgan fingerprint density at radius 3 is 2.71 bits per heavy atom. The van der Waals surface area contributed by atoms with E-state index < -0.39 is 8.07 Å². The Labute approximate surface area is 189 Å². The molecule has 2 aromatic rings. The van der Waals surface area contributed by atoms with E-state index in [0.29, 0.717) is 0 Å². The first-order valence-electron chi connectivity index (χ1n) is 12.2. The molecule has 162 valence electrons. The van der Waals surface area contributed by atoms with Crippen LogP contribution in [0.5, 0.6) is 0 Å². The Kier molecular flexibility index (Phi) is 5.35. The minimum atomic E-state index is -1.40. The molecule has 3 aliphatic rings. The van der Waals surface area contributed by atoms with Crippen molar-refractivity contribution >= 4 is 8.07 Å². The second kappa shape index (κ2) is 7.91. The van der Waals surface area contributed by atoms with Gasteiger partial charge in [0.15, 0.2) is 0 Å². The van der Waals surface area contributed by atoms with Gasteiger partial charge in [0.1, 0.15) is 13.8 Å². The first-order valence-corrected chi connectivity index (χ1v) is 15.7. The highest BCUT2D eigenvalue weighted by molar-refractivity contribution is 6.83. The van der Waals surface area contributed by atoms with Crippen molar-refractivity contribution in [3.05, 3.63) is 65.0 Å². The quantitative estimate of drug-likeness (QED) is 0.429. The highest BCUT2D eigenvalue weighted by Crippen LogP contribution is 2.59. The van der Waals surface area contributed by atoms with Crippen molar-refractivity contribution in [2.24, 2.45) is 17.8 Å². The maximum absolute atomic E-state index is 5.17. The summed E-state index contributed by atoms with van der Waals surface area (Å²) in [5, 5.41) is 0. The molecule has 1 saturated carbocycles. The molecule has 4 atom stereocenters. The average Bonchev–Trinajstić information content (AvgIpc) is 2.72. The van der Waals surface area contributed by atoms with Gasteiger partial charge in [0.2, 0.25) is 0 Å². The summed E-state index contributed by atoms with van der Waals surface area (Å²) in [6, 6.07) is 15.7. The molecule has 1 unspecified atom stereocenters. The van der Waals surface area contributed by atoms with Gasteiger partial charge in [-0.2, -0.15) is 0 Å². The number of hydrogen-bond acceptors (Lipinski definition) is 2. The number of rotatable bonds is 2. The minimum Gasteiger partial charge on any atom is -0.289 e. The molecule has 1 aromatic carbocycles. The fourth-order valence-corrected chi connectivity index (χ4v) is 7.23. The van der Waals surface area contributed by atoms with Gasteiger partial charge in [0.25, 0.3) is 0 Å². The number of aromatic nitrogens is 1. The van der Waals surface area contributed by atoms with Crippen LogP contribution in [0.1, 0.15) is 55.1 Å². The molecule has 2 bridgehead atoms. The molecule has 2 fully saturated rings. The van der Waals surface area contributed by atoms with Gasteiger partial charge in [0, 0.05) is 12.2 Å². The second-order valence-corrected chi connectivity index (χ2v) is 16.0. The Morgan fingerprint density at radius 1 is 1.13 bits per heavy atom. The first kappa shape index (κ1) is 21.0. The van der Waals surface area contributed by atoms with Crippen LogP contribution < -0.4 is 0 Å². The SMILES string of the molecule is C[C@@H]1C[C@H]2Cc3nc(C#C[Si](C)(C)C)ccc3[C@@]3(C1)C2CCCN3Cc1ccccc1. The highest BCUT2D eigenvalue weighted by Gasteiger charge is 2.57. The predicted molar refractivity (Wildman–Crippen MR) is 131 cm³/mol. The van der Waals surface area contributed by atoms with Crippen molar-refractivity contribution in [3.8, 4) is 11.5 Å². The van der Waals surface area contributed by atoms with Crippen LogP contribution in [0.25, 0.3) is 0 Å². The fraction of sp³-hybridized carbons (Fsp3) is 0.536. The van der Waals surface area contributed by atoms with Crippen LogP contribution in [-0.4, -0.2) is 24.5 Å². The van der Waals surface area contributed by atoms with E-state index in [0.717, 1.165) is 36.4 Å². The zero-order valence-corrected chi connectivity index (χ0v) is 20.6. The molecule has 1 saturated heterocycles. The van der Waals surface area contributed by atoms with E-state index in [-0.39, 0.29) is 5.54 Å². The third-order valence-electron chi connectivity index (χ3n) is 7.73. The van der Waals surface area contributed by atoms with Crippen LogP contribution in [0, 0.1) is 29.2 Å². The summed E-state index contributed by atoms with van der Waals surface area (Å²) in [4.78, 5) is 8.01. The topological polar surface area (TPSA) is 16.1 Å². The van der Waals surface area contributed by atoms with Gasteiger partial charge in [-0.1, -0.05) is 68.9 Å². The molecule has 2 nitrogen and oxygen atoms in total. The van der Waals surface area contributed by atoms with E-state index in [2.05, 4.69) is 85.4 Å². The number of nitrogens with zero attached hydrogens (tertiary/aromatic N) is 2. The number of benzene rings is 1. The van der Waals surface area contributed by atoms with Crippen LogP contribution in [0.2, 0.25) is 19.6 Å². The normalized spacial score (nSPS) is 30.0. The lowest BCUT2D eigenvalue weighted by molar-refractivity contribution is -0.0968.